The maximum Gasteiger partial charge on any atom is 0.282 e. The third kappa shape index (κ3) is 4.50. The summed E-state index contributed by atoms with van der Waals surface area (Å²) < 4.78 is 33.0. The highest BCUT2D eigenvalue weighted by Gasteiger charge is 2.31. The second-order valence-corrected chi connectivity index (χ2v) is 5.95. The monoisotopic (exact) mass is 329 g/mol. The minimum atomic E-state index is -2.74. The smallest absolute Gasteiger partial charge is 0.282 e. The second kappa shape index (κ2) is 8.38. The molecule has 23 heavy (non-hydrogen) atoms. The van der Waals surface area contributed by atoms with Gasteiger partial charge in [-0.25, -0.2) is 8.78 Å². The number of ether oxygens (including phenoxy) is 1. The van der Waals surface area contributed by atoms with Crippen LogP contribution in [0.25, 0.3) is 0 Å². The molecule has 1 atom stereocenters. The summed E-state index contributed by atoms with van der Waals surface area (Å²) in [5.41, 5.74) is -0.409. The molecule has 0 spiro atoms. The molecule has 7 heteroatoms. The van der Waals surface area contributed by atoms with Gasteiger partial charge < -0.3 is 9.64 Å². The van der Waals surface area contributed by atoms with Gasteiger partial charge in [0.1, 0.15) is 5.69 Å². The van der Waals surface area contributed by atoms with Gasteiger partial charge in [-0.1, -0.05) is 6.92 Å². The number of aromatic nitrogens is 2. The van der Waals surface area contributed by atoms with E-state index in [1.54, 1.807) is 11.9 Å². The lowest BCUT2D eigenvalue weighted by atomic mass is 9.98. The molecule has 5 nitrogen and oxygen atoms in total. The Labute approximate surface area is 135 Å². The summed E-state index contributed by atoms with van der Waals surface area (Å²) in [7, 11) is 1.55. The van der Waals surface area contributed by atoms with Crippen LogP contribution in [0.2, 0.25) is 0 Å². The van der Waals surface area contributed by atoms with Gasteiger partial charge in [-0.3, -0.25) is 9.48 Å². The van der Waals surface area contributed by atoms with Crippen LogP contribution in [0.1, 0.15) is 61.5 Å². The summed E-state index contributed by atoms with van der Waals surface area (Å²) in [6.07, 6.45) is 3.20. The van der Waals surface area contributed by atoms with E-state index in [4.69, 9.17) is 4.74 Å². The average Bonchev–Trinajstić information content (AvgIpc) is 2.93. The average molecular weight is 329 g/mol. The molecule has 2 heterocycles. The molecule has 0 saturated carbocycles. The van der Waals surface area contributed by atoms with E-state index in [2.05, 4.69) is 5.10 Å². The molecule has 0 aromatic carbocycles. The summed E-state index contributed by atoms with van der Waals surface area (Å²) >= 11 is 0. The Morgan fingerprint density at radius 3 is 2.91 bits per heavy atom. The predicted molar refractivity (Wildman–Crippen MR) is 82.6 cm³/mol. The van der Waals surface area contributed by atoms with Gasteiger partial charge in [0.15, 0.2) is 0 Å². The molecule has 0 aliphatic carbocycles. The summed E-state index contributed by atoms with van der Waals surface area (Å²) in [5, 5.41) is 3.73. The molecule has 1 unspecified atom stereocenters. The van der Waals surface area contributed by atoms with Crippen molar-refractivity contribution in [2.24, 2.45) is 7.05 Å². The van der Waals surface area contributed by atoms with Gasteiger partial charge in [0.25, 0.3) is 12.3 Å². The highest BCUT2D eigenvalue weighted by atomic mass is 19.3. The zero-order valence-corrected chi connectivity index (χ0v) is 13.8. The zero-order chi connectivity index (χ0) is 16.8. The normalized spacial score (nSPS) is 18.7. The number of piperidine rings is 1. The molecule has 1 fully saturated rings. The van der Waals surface area contributed by atoms with Crippen molar-refractivity contribution < 1.29 is 18.3 Å². The molecule has 1 amide bonds. The molecule has 1 aliphatic heterocycles. The number of likely N-dealkylation sites (tertiary alicyclic amines) is 1. The number of rotatable bonds is 7. The highest BCUT2D eigenvalue weighted by molar-refractivity contribution is 5.95. The molecular formula is C16H25F2N3O2. The molecule has 0 N–H and O–H groups in total. The molecule has 0 bridgehead atoms. The van der Waals surface area contributed by atoms with Crippen LogP contribution >= 0.6 is 0 Å². The number of nitrogens with zero attached hydrogens (tertiary/aromatic N) is 3. The van der Waals surface area contributed by atoms with Gasteiger partial charge in [-0.15, -0.1) is 0 Å². The van der Waals surface area contributed by atoms with Crippen molar-refractivity contribution in [3.05, 3.63) is 17.5 Å². The first-order chi connectivity index (χ1) is 11.0. The molecule has 1 aromatic heterocycles. The summed E-state index contributed by atoms with van der Waals surface area (Å²) in [5.74, 6) is -0.339. The van der Waals surface area contributed by atoms with E-state index in [1.165, 1.54) is 10.9 Å². The second-order valence-electron chi connectivity index (χ2n) is 5.95. The molecular weight excluding hydrogens is 304 g/mol. The Kier molecular flexibility index (Phi) is 6.50. The first-order valence-corrected chi connectivity index (χ1v) is 8.25. The molecule has 130 valence electrons. The summed E-state index contributed by atoms with van der Waals surface area (Å²) in [6, 6.07) is 0.0545. The van der Waals surface area contributed by atoms with Gasteiger partial charge in [-0.2, -0.15) is 5.10 Å². The standard InChI is InChI=1S/C16H25F2N3O2/c1-3-9-23-10-7-12-6-4-5-8-21(12)16(22)13-11-20(2)19-14(13)15(17)18/h11-12,15H,3-10H2,1-2H3. The van der Waals surface area contributed by atoms with Crippen LogP contribution in [0.15, 0.2) is 6.20 Å². The minimum absolute atomic E-state index is 0.0175. The zero-order valence-electron chi connectivity index (χ0n) is 13.8. The van der Waals surface area contributed by atoms with E-state index < -0.39 is 12.1 Å². The fourth-order valence-electron chi connectivity index (χ4n) is 3.02. The third-order valence-corrected chi connectivity index (χ3v) is 4.13. The number of hydrogen-bond acceptors (Lipinski definition) is 3. The van der Waals surface area contributed by atoms with E-state index in [0.29, 0.717) is 19.8 Å². The Morgan fingerprint density at radius 2 is 2.22 bits per heavy atom. The van der Waals surface area contributed by atoms with Crippen LogP contribution in [0.4, 0.5) is 8.78 Å². The van der Waals surface area contributed by atoms with Gasteiger partial charge >= 0.3 is 0 Å². The Balaban J connectivity index is 2.08. The van der Waals surface area contributed by atoms with E-state index in [-0.39, 0.29) is 17.5 Å². The Bertz CT molecular complexity index is 519. The van der Waals surface area contributed by atoms with E-state index in [0.717, 1.165) is 32.1 Å². The number of hydrogen-bond donors (Lipinski definition) is 0. The van der Waals surface area contributed by atoms with Crippen molar-refractivity contribution in [2.75, 3.05) is 19.8 Å². The van der Waals surface area contributed by atoms with E-state index in [1.807, 2.05) is 6.92 Å². The SMILES string of the molecule is CCCOCCC1CCCCN1C(=O)c1cn(C)nc1C(F)F. The lowest BCUT2D eigenvalue weighted by Crippen LogP contribution is -2.44. The topological polar surface area (TPSA) is 47.4 Å². The first-order valence-electron chi connectivity index (χ1n) is 8.25. The predicted octanol–water partition coefficient (Wildman–Crippen LogP) is 3.17. The van der Waals surface area contributed by atoms with Crippen LogP contribution in [0.3, 0.4) is 0 Å². The van der Waals surface area contributed by atoms with Crippen LogP contribution in [-0.4, -0.2) is 46.4 Å². The Morgan fingerprint density at radius 1 is 1.43 bits per heavy atom. The molecule has 1 aliphatic rings. The van der Waals surface area contributed by atoms with Gasteiger partial charge in [-0.05, 0) is 32.1 Å². The minimum Gasteiger partial charge on any atom is -0.381 e. The summed E-state index contributed by atoms with van der Waals surface area (Å²) in [4.78, 5) is 14.5. The fraction of sp³-hybridized carbons (Fsp3) is 0.750. The van der Waals surface area contributed by atoms with Crippen molar-refractivity contribution in [3.63, 3.8) is 0 Å². The lowest BCUT2D eigenvalue weighted by molar-refractivity contribution is 0.0506. The quantitative estimate of drug-likeness (QED) is 0.722. The maximum absolute atomic E-state index is 13.1. The maximum atomic E-state index is 13.1. The number of carbonyl (C=O) groups excluding carboxylic acids is 1. The van der Waals surface area contributed by atoms with E-state index >= 15 is 0 Å². The summed E-state index contributed by atoms with van der Waals surface area (Å²) in [6.45, 7) is 3.95. The Hall–Kier alpha value is -1.50. The number of alkyl halides is 2. The van der Waals surface area contributed by atoms with Crippen LogP contribution in [-0.2, 0) is 11.8 Å². The molecule has 1 saturated heterocycles. The first kappa shape index (κ1) is 17.8. The van der Waals surface area contributed by atoms with Crippen molar-refractivity contribution in [1.29, 1.82) is 0 Å². The van der Waals surface area contributed by atoms with Crippen molar-refractivity contribution in [1.82, 2.24) is 14.7 Å². The number of aryl methyl sites for hydroxylation is 1. The fourth-order valence-corrected chi connectivity index (χ4v) is 3.02. The van der Waals surface area contributed by atoms with Gasteiger partial charge in [0.05, 0.1) is 5.56 Å². The largest absolute Gasteiger partial charge is 0.381 e. The number of carbonyl (C=O) groups is 1. The molecule has 1 aromatic rings. The van der Waals surface area contributed by atoms with Crippen LogP contribution in [0.5, 0.6) is 0 Å². The van der Waals surface area contributed by atoms with Crippen molar-refractivity contribution in [3.8, 4) is 0 Å². The van der Waals surface area contributed by atoms with Gasteiger partial charge in [0, 0.05) is 39.0 Å². The van der Waals surface area contributed by atoms with Crippen LogP contribution < -0.4 is 0 Å². The van der Waals surface area contributed by atoms with Gasteiger partial charge in [0.2, 0.25) is 0 Å². The number of amides is 1. The molecule has 2 rings (SSSR count). The van der Waals surface area contributed by atoms with Crippen LogP contribution in [0, 0.1) is 0 Å². The third-order valence-electron chi connectivity index (χ3n) is 4.13. The van der Waals surface area contributed by atoms with E-state index in [9.17, 15) is 13.6 Å². The number of halogens is 2. The van der Waals surface area contributed by atoms with Crippen molar-refractivity contribution in [2.45, 2.75) is 51.5 Å². The van der Waals surface area contributed by atoms with Crippen molar-refractivity contribution >= 4 is 5.91 Å². The molecule has 0 radical (unpaired) electrons. The highest BCUT2D eigenvalue weighted by Crippen LogP contribution is 2.26. The lowest BCUT2D eigenvalue weighted by Gasteiger charge is -2.35.